The van der Waals surface area contributed by atoms with E-state index in [0.29, 0.717) is 0 Å². The molecule has 156 valence electrons. The number of piperazine rings is 1. The van der Waals surface area contributed by atoms with Crippen LogP contribution in [0.5, 0.6) is 0 Å². The first-order valence-electron chi connectivity index (χ1n) is 10.7. The summed E-state index contributed by atoms with van der Waals surface area (Å²) in [5, 5.41) is 4.67. The van der Waals surface area contributed by atoms with E-state index < -0.39 is 0 Å². The van der Waals surface area contributed by atoms with Gasteiger partial charge < -0.3 is 20.1 Å². The number of aromatic amines is 1. The van der Waals surface area contributed by atoms with E-state index in [0.717, 1.165) is 67.6 Å². The number of hydrogen-bond acceptors (Lipinski definition) is 5. The van der Waals surface area contributed by atoms with Crippen LogP contribution in [0.15, 0.2) is 24.4 Å². The second-order valence-electron chi connectivity index (χ2n) is 8.43. The average molecular weight is 405 g/mol. The van der Waals surface area contributed by atoms with E-state index in [1.165, 1.54) is 16.5 Å². The van der Waals surface area contributed by atoms with Crippen LogP contribution < -0.4 is 10.2 Å². The summed E-state index contributed by atoms with van der Waals surface area (Å²) >= 11 is 0. The summed E-state index contributed by atoms with van der Waals surface area (Å²) < 4.78 is 0. The van der Waals surface area contributed by atoms with Crippen LogP contribution in [-0.4, -0.2) is 58.0 Å². The molecule has 0 spiro atoms. The van der Waals surface area contributed by atoms with Gasteiger partial charge >= 0.3 is 0 Å². The Labute approximate surface area is 176 Å². The van der Waals surface area contributed by atoms with Crippen molar-refractivity contribution in [2.75, 3.05) is 31.1 Å². The SMILES string of the molecule is CC(=O)N1CCN(c2nc(-c3cccc4[nH]cc(C)c34)nc3c2CNCC3)[C@H](C)C1. The lowest BCUT2D eigenvalue weighted by Gasteiger charge is -2.41. The third kappa shape index (κ3) is 3.13. The van der Waals surface area contributed by atoms with Gasteiger partial charge in [-0.1, -0.05) is 12.1 Å². The van der Waals surface area contributed by atoms with Gasteiger partial charge in [0, 0.05) is 80.3 Å². The zero-order chi connectivity index (χ0) is 20.8. The van der Waals surface area contributed by atoms with Crippen molar-refractivity contribution in [2.45, 2.75) is 39.8 Å². The largest absolute Gasteiger partial charge is 0.361 e. The number of carbonyl (C=O) groups is 1. The Kier molecular flexibility index (Phi) is 4.70. The highest BCUT2D eigenvalue weighted by atomic mass is 16.2. The molecule has 7 heteroatoms. The number of hydrogen-bond donors (Lipinski definition) is 2. The highest BCUT2D eigenvalue weighted by molar-refractivity contribution is 5.96. The lowest BCUT2D eigenvalue weighted by molar-refractivity contribution is -0.129. The molecule has 3 aromatic rings. The van der Waals surface area contributed by atoms with Gasteiger partial charge in [-0.05, 0) is 25.5 Å². The van der Waals surface area contributed by atoms with Gasteiger partial charge in [-0.15, -0.1) is 0 Å². The maximum atomic E-state index is 11.9. The third-order valence-corrected chi connectivity index (χ3v) is 6.40. The van der Waals surface area contributed by atoms with Gasteiger partial charge in [0.15, 0.2) is 5.82 Å². The van der Waals surface area contributed by atoms with Crippen molar-refractivity contribution < 1.29 is 4.79 Å². The molecule has 1 atom stereocenters. The maximum Gasteiger partial charge on any atom is 0.219 e. The number of nitrogens with one attached hydrogen (secondary N) is 2. The molecule has 4 heterocycles. The molecular formula is C23H28N6O. The Balaban J connectivity index is 1.63. The van der Waals surface area contributed by atoms with E-state index in [2.05, 4.69) is 47.2 Å². The Morgan fingerprint density at radius 1 is 1.23 bits per heavy atom. The highest BCUT2D eigenvalue weighted by Crippen LogP contribution is 2.33. The monoisotopic (exact) mass is 404 g/mol. The number of benzene rings is 1. The number of amides is 1. The summed E-state index contributed by atoms with van der Waals surface area (Å²) in [6.45, 7) is 9.91. The van der Waals surface area contributed by atoms with Gasteiger partial charge in [0.25, 0.3) is 0 Å². The van der Waals surface area contributed by atoms with Crippen molar-refractivity contribution in [1.29, 1.82) is 0 Å². The number of fused-ring (bicyclic) bond motifs is 2. The van der Waals surface area contributed by atoms with Crippen molar-refractivity contribution in [1.82, 2.24) is 25.2 Å². The zero-order valence-electron chi connectivity index (χ0n) is 17.8. The Hall–Kier alpha value is -2.93. The van der Waals surface area contributed by atoms with Crippen LogP contribution in [-0.2, 0) is 17.8 Å². The van der Waals surface area contributed by atoms with Crippen LogP contribution >= 0.6 is 0 Å². The maximum absolute atomic E-state index is 11.9. The molecule has 2 N–H and O–H groups in total. The Bertz CT molecular complexity index is 1120. The fourth-order valence-corrected chi connectivity index (χ4v) is 4.78. The highest BCUT2D eigenvalue weighted by Gasteiger charge is 2.30. The van der Waals surface area contributed by atoms with E-state index in [1.807, 2.05) is 11.1 Å². The zero-order valence-corrected chi connectivity index (χ0v) is 17.8. The van der Waals surface area contributed by atoms with E-state index in [4.69, 9.17) is 9.97 Å². The molecule has 0 bridgehead atoms. The van der Waals surface area contributed by atoms with Crippen LogP contribution in [0.2, 0.25) is 0 Å². The first kappa shape index (κ1) is 19.1. The van der Waals surface area contributed by atoms with Crippen molar-refractivity contribution in [3.05, 3.63) is 41.2 Å². The molecule has 2 aromatic heterocycles. The molecule has 2 aliphatic heterocycles. The van der Waals surface area contributed by atoms with Gasteiger partial charge in [0.1, 0.15) is 5.82 Å². The molecule has 1 saturated heterocycles. The summed E-state index contributed by atoms with van der Waals surface area (Å²) in [4.78, 5) is 29.6. The number of aryl methyl sites for hydroxylation is 1. The second kappa shape index (κ2) is 7.40. The number of H-pyrrole nitrogens is 1. The van der Waals surface area contributed by atoms with Crippen molar-refractivity contribution in [3.63, 3.8) is 0 Å². The quantitative estimate of drug-likeness (QED) is 0.687. The fourth-order valence-electron chi connectivity index (χ4n) is 4.78. The topological polar surface area (TPSA) is 77.2 Å². The minimum Gasteiger partial charge on any atom is -0.361 e. The van der Waals surface area contributed by atoms with E-state index >= 15 is 0 Å². The molecule has 5 rings (SSSR count). The second-order valence-corrected chi connectivity index (χ2v) is 8.43. The fraction of sp³-hybridized carbons (Fsp3) is 0.435. The van der Waals surface area contributed by atoms with Gasteiger partial charge in [0.2, 0.25) is 5.91 Å². The van der Waals surface area contributed by atoms with E-state index in [9.17, 15) is 4.79 Å². The molecule has 0 radical (unpaired) electrons. The summed E-state index contributed by atoms with van der Waals surface area (Å²) in [5.41, 5.74) is 5.72. The molecule has 7 nitrogen and oxygen atoms in total. The number of aromatic nitrogens is 3. The first-order valence-corrected chi connectivity index (χ1v) is 10.7. The van der Waals surface area contributed by atoms with Gasteiger partial charge in [-0.2, -0.15) is 0 Å². The van der Waals surface area contributed by atoms with Crippen molar-refractivity contribution in [3.8, 4) is 11.4 Å². The predicted octanol–water partition coefficient (Wildman–Crippen LogP) is 2.64. The molecule has 0 aliphatic carbocycles. The van der Waals surface area contributed by atoms with E-state index in [-0.39, 0.29) is 11.9 Å². The van der Waals surface area contributed by atoms with Crippen LogP contribution in [0.4, 0.5) is 5.82 Å². The lowest BCUT2D eigenvalue weighted by Crippen LogP contribution is -2.54. The van der Waals surface area contributed by atoms with Gasteiger partial charge in [-0.25, -0.2) is 9.97 Å². The lowest BCUT2D eigenvalue weighted by atomic mass is 10.0. The van der Waals surface area contributed by atoms with Gasteiger partial charge in [0.05, 0.1) is 5.69 Å². The minimum atomic E-state index is 0.142. The number of rotatable bonds is 2. The summed E-state index contributed by atoms with van der Waals surface area (Å²) in [6.07, 6.45) is 2.95. The summed E-state index contributed by atoms with van der Waals surface area (Å²) in [7, 11) is 0. The Morgan fingerprint density at radius 2 is 2.10 bits per heavy atom. The molecular weight excluding hydrogens is 376 g/mol. The number of anilines is 1. The molecule has 1 amide bonds. The molecule has 2 aliphatic rings. The van der Waals surface area contributed by atoms with Crippen LogP contribution in [0.3, 0.4) is 0 Å². The number of nitrogens with zero attached hydrogens (tertiary/aromatic N) is 4. The normalized spacial score (nSPS) is 19.2. The summed E-state index contributed by atoms with van der Waals surface area (Å²) in [6, 6.07) is 6.48. The minimum absolute atomic E-state index is 0.142. The van der Waals surface area contributed by atoms with Crippen molar-refractivity contribution in [2.24, 2.45) is 0 Å². The summed E-state index contributed by atoms with van der Waals surface area (Å²) in [5.74, 6) is 1.95. The third-order valence-electron chi connectivity index (χ3n) is 6.40. The predicted molar refractivity (Wildman–Crippen MR) is 119 cm³/mol. The molecule has 1 aromatic carbocycles. The molecule has 0 unspecified atom stereocenters. The number of carbonyl (C=O) groups excluding carboxylic acids is 1. The molecule has 0 saturated carbocycles. The standard InChI is InChI=1S/C23H28N6O/c1-14-11-25-20-6-4-5-17(21(14)20)22-26-19-7-8-24-12-18(19)23(27-22)29-10-9-28(16(3)30)13-15(29)2/h4-6,11,15,24-25H,7-10,12-13H2,1-3H3/t15-/m1/s1. The Morgan fingerprint density at radius 3 is 2.90 bits per heavy atom. The van der Waals surface area contributed by atoms with E-state index in [1.54, 1.807) is 6.92 Å². The first-order chi connectivity index (χ1) is 14.5. The van der Waals surface area contributed by atoms with Crippen LogP contribution in [0, 0.1) is 6.92 Å². The van der Waals surface area contributed by atoms with Crippen LogP contribution in [0.1, 0.15) is 30.7 Å². The van der Waals surface area contributed by atoms with Gasteiger partial charge in [-0.3, -0.25) is 4.79 Å². The average Bonchev–Trinajstić information content (AvgIpc) is 3.14. The smallest absolute Gasteiger partial charge is 0.219 e. The van der Waals surface area contributed by atoms with Crippen molar-refractivity contribution >= 4 is 22.6 Å². The van der Waals surface area contributed by atoms with Crippen LogP contribution in [0.25, 0.3) is 22.3 Å². The molecule has 1 fully saturated rings. The molecule has 30 heavy (non-hydrogen) atoms.